The van der Waals surface area contributed by atoms with Crippen molar-refractivity contribution in [1.29, 1.82) is 0 Å². The lowest BCUT2D eigenvalue weighted by atomic mass is 9.90. The van der Waals surface area contributed by atoms with Crippen molar-refractivity contribution >= 4 is 15.9 Å². The number of nitrogens with zero attached hydrogens (tertiary/aromatic N) is 2. The summed E-state index contributed by atoms with van der Waals surface area (Å²) < 4.78 is 31.9. The number of carbonyl (C=O) groups is 1. The monoisotopic (exact) mass is 364 g/mol. The molecule has 0 saturated carbocycles. The van der Waals surface area contributed by atoms with E-state index in [9.17, 15) is 13.2 Å². The Morgan fingerprint density at radius 3 is 1.83 bits per heavy atom. The van der Waals surface area contributed by atoms with Gasteiger partial charge in [-0.05, 0) is 33.1 Å². The minimum atomic E-state index is -3.42. The molecule has 6 nitrogen and oxygen atoms in total. The van der Waals surface area contributed by atoms with Crippen molar-refractivity contribution in [3.05, 3.63) is 0 Å². The molecule has 7 heteroatoms. The summed E-state index contributed by atoms with van der Waals surface area (Å²) in [6, 6.07) is 0. The van der Waals surface area contributed by atoms with Crippen molar-refractivity contribution in [2.24, 2.45) is 5.41 Å². The molecule has 0 rings (SSSR count). The number of hydrogen-bond acceptors (Lipinski definition) is 4. The quantitative estimate of drug-likeness (QED) is 0.695. The number of amides is 1. The van der Waals surface area contributed by atoms with Gasteiger partial charge < -0.3 is 9.64 Å². The molecular weight excluding hydrogens is 328 g/mol. The second-order valence-electron chi connectivity index (χ2n) is 8.72. The van der Waals surface area contributed by atoms with Crippen LogP contribution in [0.2, 0.25) is 0 Å². The van der Waals surface area contributed by atoms with Gasteiger partial charge in [-0.15, -0.1) is 0 Å². The van der Waals surface area contributed by atoms with Gasteiger partial charge in [-0.1, -0.05) is 20.8 Å². The van der Waals surface area contributed by atoms with E-state index in [-0.39, 0.29) is 30.4 Å². The van der Waals surface area contributed by atoms with Crippen molar-refractivity contribution in [2.75, 3.05) is 26.9 Å². The van der Waals surface area contributed by atoms with Gasteiger partial charge in [-0.25, -0.2) is 8.42 Å². The molecule has 24 heavy (non-hydrogen) atoms. The highest BCUT2D eigenvalue weighted by Crippen LogP contribution is 2.26. The van der Waals surface area contributed by atoms with Crippen LogP contribution in [0.5, 0.6) is 0 Å². The summed E-state index contributed by atoms with van der Waals surface area (Å²) in [6.07, 6.45) is 0.730. The standard InChI is InChI=1S/C17H36N2O4S/c1-13(16(2,3)4)23-14(11-15(20)18(8)9)12-19(17(5,6)7)24(10,21)22/h13-14H,11-12H2,1-10H3. The summed E-state index contributed by atoms with van der Waals surface area (Å²) in [5, 5.41) is 0. The average Bonchev–Trinajstić information content (AvgIpc) is 2.31. The summed E-state index contributed by atoms with van der Waals surface area (Å²) in [7, 11) is -0.0462. The maximum Gasteiger partial charge on any atom is 0.224 e. The number of sulfonamides is 1. The first-order valence-electron chi connectivity index (χ1n) is 8.29. The highest BCUT2D eigenvalue weighted by Gasteiger charge is 2.34. The predicted molar refractivity (Wildman–Crippen MR) is 98.4 cm³/mol. The molecule has 0 saturated heterocycles. The fourth-order valence-corrected chi connectivity index (χ4v) is 3.55. The Kier molecular flexibility index (Phi) is 7.92. The van der Waals surface area contributed by atoms with Crippen molar-refractivity contribution < 1.29 is 17.9 Å². The van der Waals surface area contributed by atoms with Gasteiger partial charge in [-0.2, -0.15) is 4.31 Å². The predicted octanol–water partition coefficient (Wildman–Crippen LogP) is 2.34. The maximum atomic E-state index is 12.2. The summed E-state index contributed by atoms with van der Waals surface area (Å²) in [5.41, 5.74) is -0.682. The third-order valence-corrected chi connectivity index (χ3v) is 5.53. The lowest BCUT2D eigenvalue weighted by molar-refractivity contribution is -0.135. The van der Waals surface area contributed by atoms with Crippen LogP contribution >= 0.6 is 0 Å². The second-order valence-corrected chi connectivity index (χ2v) is 10.6. The van der Waals surface area contributed by atoms with E-state index in [2.05, 4.69) is 20.8 Å². The SMILES string of the molecule is CC(OC(CC(=O)N(C)C)CN(C(C)(C)C)S(C)(=O)=O)C(C)(C)C. The Hall–Kier alpha value is -0.660. The Balaban J connectivity index is 5.48. The first-order valence-corrected chi connectivity index (χ1v) is 10.1. The highest BCUT2D eigenvalue weighted by molar-refractivity contribution is 7.88. The fourth-order valence-electron chi connectivity index (χ4n) is 2.12. The van der Waals surface area contributed by atoms with Crippen LogP contribution in [0, 0.1) is 5.41 Å². The lowest BCUT2D eigenvalue weighted by Gasteiger charge is -2.38. The minimum Gasteiger partial charge on any atom is -0.373 e. The summed E-state index contributed by atoms with van der Waals surface area (Å²) in [6.45, 7) is 13.8. The van der Waals surface area contributed by atoms with Crippen molar-refractivity contribution in [3.63, 3.8) is 0 Å². The third-order valence-electron chi connectivity index (χ3n) is 4.04. The lowest BCUT2D eigenvalue weighted by Crippen LogP contribution is -2.50. The zero-order chi connectivity index (χ0) is 19.5. The summed E-state index contributed by atoms with van der Waals surface area (Å²) >= 11 is 0. The number of rotatable bonds is 7. The average molecular weight is 365 g/mol. The van der Waals surface area contributed by atoms with Gasteiger partial charge in [0, 0.05) is 26.2 Å². The van der Waals surface area contributed by atoms with E-state index in [1.54, 1.807) is 14.1 Å². The third kappa shape index (κ3) is 7.94. The Morgan fingerprint density at radius 1 is 1.08 bits per heavy atom. The molecular formula is C17H36N2O4S. The van der Waals surface area contributed by atoms with Crippen LogP contribution in [0.1, 0.15) is 54.9 Å². The molecule has 0 aliphatic rings. The molecule has 0 aliphatic heterocycles. The molecule has 0 aromatic rings. The molecule has 2 unspecified atom stereocenters. The molecule has 144 valence electrons. The fraction of sp³-hybridized carbons (Fsp3) is 0.941. The van der Waals surface area contributed by atoms with E-state index in [0.29, 0.717) is 0 Å². The molecule has 0 spiro atoms. The number of carbonyl (C=O) groups excluding carboxylic acids is 1. The topological polar surface area (TPSA) is 66.9 Å². The normalized spacial score (nSPS) is 16.1. The molecule has 0 N–H and O–H groups in total. The molecule has 0 radical (unpaired) electrons. The molecule has 2 atom stereocenters. The van der Waals surface area contributed by atoms with Gasteiger partial charge in [-0.3, -0.25) is 4.79 Å². The smallest absolute Gasteiger partial charge is 0.224 e. The van der Waals surface area contributed by atoms with Crippen molar-refractivity contribution in [1.82, 2.24) is 9.21 Å². The van der Waals surface area contributed by atoms with Gasteiger partial charge in [0.05, 0.1) is 24.9 Å². The highest BCUT2D eigenvalue weighted by atomic mass is 32.2. The molecule has 0 fully saturated rings. The van der Waals surface area contributed by atoms with Crippen LogP contribution in [0.4, 0.5) is 0 Å². The molecule has 0 aliphatic carbocycles. The molecule has 0 aromatic carbocycles. The van der Waals surface area contributed by atoms with Crippen LogP contribution in [0.3, 0.4) is 0 Å². The Morgan fingerprint density at radius 2 is 1.54 bits per heavy atom. The van der Waals surface area contributed by atoms with Crippen molar-refractivity contribution in [2.45, 2.75) is 72.6 Å². The Bertz CT molecular complexity index is 516. The Labute approximate surface area is 148 Å². The van der Waals surface area contributed by atoms with Gasteiger partial charge in [0.15, 0.2) is 0 Å². The first kappa shape index (κ1) is 23.3. The van der Waals surface area contributed by atoms with Gasteiger partial charge in [0.25, 0.3) is 0 Å². The molecule has 0 aromatic heterocycles. The van der Waals surface area contributed by atoms with Gasteiger partial charge in [0.2, 0.25) is 15.9 Å². The number of ether oxygens (including phenoxy) is 1. The minimum absolute atomic E-state index is 0.0801. The van der Waals surface area contributed by atoms with Crippen molar-refractivity contribution in [3.8, 4) is 0 Å². The number of hydrogen-bond donors (Lipinski definition) is 0. The van der Waals surface area contributed by atoms with E-state index >= 15 is 0 Å². The zero-order valence-corrected chi connectivity index (χ0v) is 17.8. The van der Waals surface area contributed by atoms with E-state index in [1.807, 2.05) is 27.7 Å². The van der Waals surface area contributed by atoms with Gasteiger partial charge in [0.1, 0.15) is 0 Å². The first-order chi connectivity index (χ1) is 10.5. The van der Waals surface area contributed by atoms with Crippen LogP contribution in [0.25, 0.3) is 0 Å². The van der Waals surface area contributed by atoms with Gasteiger partial charge >= 0.3 is 0 Å². The van der Waals surface area contributed by atoms with Crippen LogP contribution in [0.15, 0.2) is 0 Å². The summed E-state index contributed by atoms with van der Waals surface area (Å²) in [4.78, 5) is 13.6. The van der Waals surface area contributed by atoms with Crippen LogP contribution in [-0.4, -0.2) is 68.2 Å². The van der Waals surface area contributed by atoms with Crippen LogP contribution in [-0.2, 0) is 19.6 Å². The van der Waals surface area contributed by atoms with E-state index in [0.717, 1.165) is 0 Å². The zero-order valence-electron chi connectivity index (χ0n) is 17.0. The van der Waals surface area contributed by atoms with E-state index in [1.165, 1.54) is 15.5 Å². The van der Waals surface area contributed by atoms with Crippen LogP contribution < -0.4 is 0 Å². The van der Waals surface area contributed by atoms with E-state index in [4.69, 9.17) is 4.74 Å². The maximum absolute atomic E-state index is 12.2. The molecule has 1 amide bonds. The van der Waals surface area contributed by atoms with E-state index < -0.39 is 21.7 Å². The molecule has 0 heterocycles. The molecule has 0 bridgehead atoms. The second kappa shape index (κ2) is 8.15. The summed E-state index contributed by atoms with van der Waals surface area (Å²) in [5.74, 6) is -0.0801. The largest absolute Gasteiger partial charge is 0.373 e.